The summed E-state index contributed by atoms with van der Waals surface area (Å²) in [7, 11) is 1.78. The molecule has 22 heavy (non-hydrogen) atoms. The maximum Gasteiger partial charge on any atom is 0.471 e. The second-order valence-corrected chi connectivity index (χ2v) is 5.31. The molecule has 0 unspecified atom stereocenters. The highest BCUT2D eigenvalue weighted by molar-refractivity contribution is 5.83. The average molecular weight is 310 g/mol. The van der Waals surface area contributed by atoms with Crippen LogP contribution in [0.15, 0.2) is 29.1 Å². The van der Waals surface area contributed by atoms with Crippen LogP contribution in [0.3, 0.4) is 0 Å². The number of hydrogen-bond acceptors (Lipinski definition) is 2. The smallest absolute Gasteiger partial charge is 0.347 e. The van der Waals surface area contributed by atoms with E-state index in [9.17, 15) is 22.8 Å². The standard InChI is InChI=1S/C15H13F3N2O2/c1-19-11-5-3-2-4-9(11)13(21)10-8-20(7-6-12(10)19)14(22)15(16,17)18/h2-5H,6-8H2,1H3. The third-order valence-corrected chi connectivity index (χ3v) is 4.03. The molecule has 0 radical (unpaired) electrons. The van der Waals surface area contributed by atoms with E-state index in [1.165, 1.54) is 0 Å². The summed E-state index contributed by atoms with van der Waals surface area (Å²) in [5.41, 5.74) is 1.39. The first-order valence-electron chi connectivity index (χ1n) is 6.76. The first-order valence-corrected chi connectivity index (χ1v) is 6.76. The molecule has 4 nitrogen and oxygen atoms in total. The molecule has 1 aliphatic rings. The molecular weight excluding hydrogens is 297 g/mol. The number of rotatable bonds is 0. The molecule has 0 saturated heterocycles. The molecule has 116 valence electrons. The van der Waals surface area contributed by atoms with E-state index < -0.39 is 12.1 Å². The summed E-state index contributed by atoms with van der Waals surface area (Å²) in [4.78, 5) is 24.6. The third-order valence-electron chi connectivity index (χ3n) is 4.03. The van der Waals surface area contributed by atoms with Crippen molar-refractivity contribution in [1.29, 1.82) is 0 Å². The van der Waals surface area contributed by atoms with Gasteiger partial charge >= 0.3 is 12.1 Å². The third kappa shape index (κ3) is 2.17. The fraction of sp³-hybridized carbons (Fsp3) is 0.333. The van der Waals surface area contributed by atoms with Crippen LogP contribution in [0, 0.1) is 0 Å². The molecule has 0 aliphatic carbocycles. The van der Waals surface area contributed by atoms with Crippen molar-refractivity contribution in [2.75, 3.05) is 6.54 Å². The zero-order chi connectivity index (χ0) is 16.1. The number of benzene rings is 1. The van der Waals surface area contributed by atoms with Gasteiger partial charge in [-0.25, -0.2) is 0 Å². The number of aryl methyl sites for hydroxylation is 1. The molecular formula is C15H13F3N2O2. The van der Waals surface area contributed by atoms with Crippen molar-refractivity contribution in [3.63, 3.8) is 0 Å². The number of aromatic nitrogens is 1. The van der Waals surface area contributed by atoms with Gasteiger partial charge in [-0.05, 0) is 12.1 Å². The predicted octanol–water partition coefficient (Wildman–Crippen LogP) is 1.99. The van der Waals surface area contributed by atoms with Gasteiger partial charge in [-0.3, -0.25) is 9.59 Å². The van der Waals surface area contributed by atoms with Crippen LogP contribution in [0.4, 0.5) is 13.2 Å². The summed E-state index contributed by atoms with van der Waals surface area (Å²) >= 11 is 0. The van der Waals surface area contributed by atoms with Crippen molar-refractivity contribution >= 4 is 16.8 Å². The Hall–Kier alpha value is -2.31. The number of para-hydroxylation sites is 1. The Labute approximate surface area is 123 Å². The van der Waals surface area contributed by atoms with Crippen LogP contribution in [-0.4, -0.2) is 28.1 Å². The summed E-state index contributed by atoms with van der Waals surface area (Å²) in [6.07, 6.45) is -4.69. The van der Waals surface area contributed by atoms with Crippen molar-refractivity contribution in [1.82, 2.24) is 9.47 Å². The minimum Gasteiger partial charge on any atom is -0.347 e. The maximum atomic E-state index is 12.6. The van der Waals surface area contributed by atoms with E-state index in [-0.39, 0.29) is 30.5 Å². The minimum atomic E-state index is -4.92. The highest BCUT2D eigenvalue weighted by Crippen LogP contribution is 2.25. The largest absolute Gasteiger partial charge is 0.471 e. The number of alkyl halides is 3. The predicted molar refractivity (Wildman–Crippen MR) is 74.4 cm³/mol. The van der Waals surface area contributed by atoms with Gasteiger partial charge in [0, 0.05) is 36.7 Å². The van der Waals surface area contributed by atoms with Gasteiger partial charge in [0.1, 0.15) is 0 Å². The van der Waals surface area contributed by atoms with Crippen LogP contribution in [0.25, 0.3) is 10.9 Å². The Morgan fingerprint density at radius 2 is 1.91 bits per heavy atom. The van der Waals surface area contributed by atoms with Crippen molar-refractivity contribution < 1.29 is 18.0 Å². The molecule has 1 aliphatic heterocycles. The van der Waals surface area contributed by atoms with Crippen LogP contribution in [-0.2, 0) is 24.8 Å². The van der Waals surface area contributed by atoms with Crippen molar-refractivity contribution in [3.8, 4) is 0 Å². The average Bonchev–Trinajstić information content (AvgIpc) is 2.50. The molecule has 2 heterocycles. The lowest BCUT2D eigenvalue weighted by molar-refractivity contribution is -0.186. The zero-order valence-electron chi connectivity index (χ0n) is 11.8. The molecule has 3 rings (SSSR count). The minimum absolute atomic E-state index is 0.0447. The molecule has 2 aromatic rings. The Balaban J connectivity index is 2.12. The van der Waals surface area contributed by atoms with Crippen LogP contribution < -0.4 is 5.43 Å². The second-order valence-electron chi connectivity index (χ2n) is 5.31. The van der Waals surface area contributed by atoms with Crippen LogP contribution in [0.1, 0.15) is 11.3 Å². The Kier molecular flexibility index (Phi) is 3.23. The van der Waals surface area contributed by atoms with Gasteiger partial charge in [0.05, 0.1) is 12.1 Å². The Bertz CT molecular complexity index is 824. The van der Waals surface area contributed by atoms with Crippen LogP contribution >= 0.6 is 0 Å². The van der Waals surface area contributed by atoms with Gasteiger partial charge in [-0.2, -0.15) is 13.2 Å². The van der Waals surface area contributed by atoms with E-state index in [1.807, 2.05) is 4.57 Å². The molecule has 0 saturated carbocycles. The molecule has 0 bridgehead atoms. The number of fused-ring (bicyclic) bond motifs is 2. The normalized spacial score (nSPS) is 15.0. The summed E-state index contributed by atoms with van der Waals surface area (Å²) in [5.74, 6) is -1.90. The molecule has 1 aromatic carbocycles. The lowest BCUT2D eigenvalue weighted by atomic mass is 10.0. The van der Waals surface area contributed by atoms with E-state index in [0.29, 0.717) is 16.0 Å². The quantitative estimate of drug-likeness (QED) is 0.747. The number of halogens is 3. The first kappa shape index (κ1) is 14.6. The number of carbonyl (C=O) groups is 1. The summed E-state index contributed by atoms with van der Waals surface area (Å²) in [5, 5.41) is 0.449. The Morgan fingerprint density at radius 1 is 1.23 bits per heavy atom. The number of pyridine rings is 1. The maximum absolute atomic E-state index is 12.6. The molecule has 0 spiro atoms. The molecule has 1 aromatic heterocycles. The molecule has 1 amide bonds. The highest BCUT2D eigenvalue weighted by Gasteiger charge is 2.43. The fourth-order valence-corrected chi connectivity index (χ4v) is 2.94. The topological polar surface area (TPSA) is 42.3 Å². The lowest BCUT2D eigenvalue weighted by Crippen LogP contribution is -2.45. The lowest BCUT2D eigenvalue weighted by Gasteiger charge is -2.30. The van der Waals surface area contributed by atoms with E-state index in [1.54, 1.807) is 31.3 Å². The monoisotopic (exact) mass is 310 g/mol. The number of nitrogens with zero attached hydrogens (tertiary/aromatic N) is 2. The van der Waals surface area contributed by atoms with E-state index in [0.717, 1.165) is 5.52 Å². The Morgan fingerprint density at radius 3 is 2.59 bits per heavy atom. The van der Waals surface area contributed by atoms with E-state index in [4.69, 9.17) is 0 Å². The van der Waals surface area contributed by atoms with Gasteiger partial charge in [-0.1, -0.05) is 12.1 Å². The van der Waals surface area contributed by atoms with Gasteiger partial charge in [-0.15, -0.1) is 0 Å². The molecule has 0 N–H and O–H groups in total. The van der Waals surface area contributed by atoms with Crippen molar-refractivity contribution in [2.45, 2.75) is 19.1 Å². The van der Waals surface area contributed by atoms with Crippen LogP contribution in [0.5, 0.6) is 0 Å². The number of amides is 1. The molecule has 0 atom stereocenters. The second kappa shape index (κ2) is 4.86. The highest BCUT2D eigenvalue weighted by atomic mass is 19.4. The first-order chi connectivity index (χ1) is 10.3. The van der Waals surface area contributed by atoms with Crippen molar-refractivity contribution in [3.05, 3.63) is 45.7 Å². The molecule has 0 fully saturated rings. The summed E-state index contributed by atoms with van der Waals surface area (Å²) in [6, 6.07) is 6.95. The van der Waals surface area contributed by atoms with E-state index in [2.05, 4.69) is 0 Å². The van der Waals surface area contributed by atoms with Gasteiger partial charge in [0.25, 0.3) is 0 Å². The zero-order valence-corrected chi connectivity index (χ0v) is 11.8. The SMILES string of the molecule is Cn1c2c(c(=O)c3ccccc31)CN(C(=O)C(F)(F)F)CC2. The summed E-state index contributed by atoms with van der Waals surface area (Å²) < 4.78 is 39.5. The van der Waals surface area contributed by atoms with E-state index >= 15 is 0 Å². The van der Waals surface area contributed by atoms with Gasteiger partial charge in [0.2, 0.25) is 0 Å². The fourth-order valence-electron chi connectivity index (χ4n) is 2.94. The van der Waals surface area contributed by atoms with Gasteiger partial charge in [0.15, 0.2) is 5.43 Å². The van der Waals surface area contributed by atoms with Crippen molar-refractivity contribution in [2.24, 2.45) is 7.05 Å². The number of carbonyl (C=O) groups excluding carboxylic acids is 1. The summed E-state index contributed by atoms with van der Waals surface area (Å²) in [6.45, 7) is -0.345. The van der Waals surface area contributed by atoms with Gasteiger partial charge < -0.3 is 9.47 Å². The molecule has 7 heteroatoms. The van der Waals surface area contributed by atoms with Crippen LogP contribution in [0.2, 0.25) is 0 Å². The number of hydrogen-bond donors (Lipinski definition) is 0.